The van der Waals surface area contributed by atoms with Crippen LogP contribution < -0.4 is 17.0 Å². The Bertz CT molecular complexity index is 991. The molecule has 4 fully saturated rings. The number of carbonyl (C=O) groups is 1. The van der Waals surface area contributed by atoms with E-state index in [1.165, 1.54) is 16.9 Å². The van der Waals surface area contributed by atoms with E-state index in [1.807, 2.05) is 6.07 Å². The van der Waals surface area contributed by atoms with Crippen LogP contribution in [0.4, 0.5) is 8.78 Å². The minimum absolute atomic E-state index is 0. The van der Waals surface area contributed by atoms with Gasteiger partial charge in [-0.2, -0.15) is 0 Å². The Morgan fingerprint density at radius 2 is 1.91 bits per heavy atom. The van der Waals surface area contributed by atoms with Crippen molar-refractivity contribution in [3.05, 3.63) is 51.7 Å². The number of esters is 1. The first-order chi connectivity index (χ1) is 15.8. The zero-order chi connectivity index (χ0) is 23.1. The molecule has 1 aromatic heterocycles. The van der Waals surface area contributed by atoms with Crippen molar-refractivity contribution in [2.24, 2.45) is 5.92 Å². The van der Waals surface area contributed by atoms with Gasteiger partial charge >= 0.3 is 5.97 Å². The number of quaternary nitrogens is 1. The number of benzene rings is 1. The third kappa shape index (κ3) is 5.49. The first-order valence-electron chi connectivity index (χ1n) is 12.1. The van der Waals surface area contributed by atoms with Gasteiger partial charge in [-0.3, -0.25) is 4.79 Å². The molecule has 2 bridgehead atoms. The fourth-order valence-corrected chi connectivity index (χ4v) is 7.06. The molecule has 3 aliphatic heterocycles. The highest BCUT2D eigenvalue weighted by Gasteiger charge is 2.47. The molecule has 34 heavy (non-hydrogen) atoms. The number of nitrogens with zero attached hydrogens (tertiary/aromatic N) is 1. The van der Waals surface area contributed by atoms with E-state index >= 15 is 0 Å². The Labute approximate surface area is 214 Å². The molecule has 1 aromatic carbocycles. The predicted molar refractivity (Wildman–Crippen MR) is 124 cm³/mol. The van der Waals surface area contributed by atoms with E-state index in [9.17, 15) is 18.7 Å². The molecule has 1 N–H and O–H groups in total. The van der Waals surface area contributed by atoms with Crippen molar-refractivity contribution in [1.29, 1.82) is 0 Å². The second kappa shape index (κ2) is 10.2. The number of fused-ring (bicyclic) bond motifs is 3. The standard InChI is InChI=1S/C26H31F2NO3S.BrH/c27-26(28)10-6-20(15-26)21-17-33-23(25(21)31)14-24(30)32-22-16-29(12-8-19(22)9-13-29)11-7-18-4-2-1-3-5-18;/h1-5,17,19-20,22H,6-16H2;1H/t19?,20?,22-,29?;/m0./s1. The third-order valence-corrected chi connectivity index (χ3v) is 9.05. The molecule has 1 saturated carbocycles. The fourth-order valence-electron chi connectivity index (χ4n) is 6.06. The Balaban J connectivity index is 0.00000274. The van der Waals surface area contributed by atoms with Crippen molar-refractivity contribution in [2.75, 3.05) is 26.2 Å². The average molecular weight is 557 g/mol. The van der Waals surface area contributed by atoms with Gasteiger partial charge in [0.05, 0.1) is 30.9 Å². The van der Waals surface area contributed by atoms with Gasteiger partial charge in [0.2, 0.25) is 5.92 Å². The number of piperidine rings is 3. The second-order valence-corrected chi connectivity index (χ2v) is 11.2. The van der Waals surface area contributed by atoms with E-state index in [1.54, 1.807) is 5.38 Å². The third-order valence-electron chi connectivity index (χ3n) is 8.06. The molecule has 6 rings (SSSR count). The van der Waals surface area contributed by atoms with E-state index in [-0.39, 0.29) is 60.0 Å². The van der Waals surface area contributed by atoms with E-state index in [2.05, 4.69) is 24.3 Å². The normalized spacial score (nSPS) is 29.5. The van der Waals surface area contributed by atoms with Crippen molar-refractivity contribution < 1.29 is 44.9 Å². The van der Waals surface area contributed by atoms with Gasteiger partial charge in [0.25, 0.3) is 0 Å². The lowest BCUT2D eigenvalue weighted by molar-refractivity contribution is -0.946. The van der Waals surface area contributed by atoms with Gasteiger partial charge in [-0.05, 0) is 23.3 Å². The summed E-state index contributed by atoms with van der Waals surface area (Å²) in [6.07, 6.45) is 3.12. The summed E-state index contributed by atoms with van der Waals surface area (Å²) in [6, 6.07) is 10.5. The number of halogens is 3. The van der Waals surface area contributed by atoms with E-state index in [0.717, 1.165) is 49.9 Å². The number of rotatable bonds is 7. The molecule has 4 heterocycles. The molecular formula is C26H32BrF2NO3S. The largest absolute Gasteiger partial charge is 1.00 e. The zero-order valence-corrected chi connectivity index (χ0v) is 21.6. The minimum atomic E-state index is -2.66. The number of aromatic hydroxyl groups is 1. The summed E-state index contributed by atoms with van der Waals surface area (Å²) in [5.41, 5.74) is 1.91. The lowest BCUT2D eigenvalue weighted by atomic mass is 9.83. The highest BCUT2D eigenvalue weighted by atomic mass is 79.9. The Morgan fingerprint density at radius 3 is 2.59 bits per heavy atom. The van der Waals surface area contributed by atoms with Gasteiger partial charge < -0.3 is 31.3 Å². The van der Waals surface area contributed by atoms with Crippen LogP contribution in [0.3, 0.4) is 0 Å². The van der Waals surface area contributed by atoms with Gasteiger partial charge in [-0.25, -0.2) is 8.78 Å². The highest BCUT2D eigenvalue weighted by Crippen LogP contribution is 2.48. The second-order valence-electron chi connectivity index (χ2n) is 10.2. The summed E-state index contributed by atoms with van der Waals surface area (Å²) in [5.74, 6) is -2.89. The van der Waals surface area contributed by atoms with Crippen LogP contribution in [-0.4, -0.2) is 53.8 Å². The number of ether oxygens (including phenoxy) is 1. The van der Waals surface area contributed by atoms with Crippen molar-refractivity contribution in [3.63, 3.8) is 0 Å². The maximum Gasteiger partial charge on any atom is 0.311 e. The van der Waals surface area contributed by atoms with Gasteiger partial charge in [-0.15, -0.1) is 11.3 Å². The maximum atomic E-state index is 13.6. The number of hydrogen-bond donors (Lipinski definition) is 1. The SMILES string of the molecule is O=C(Cc1scc(C2CCC(F)(F)C2)c1O)O[C@H]1C[N+]2(CCc3ccccc3)CCC1CC2.[Br-]. The predicted octanol–water partition coefficient (Wildman–Crippen LogP) is 2.30. The molecule has 1 unspecified atom stereocenters. The lowest BCUT2D eigenvalue weighted by Gasteiger charge is -2.52. The average Bonchev–Trinajstić information content (AvgIpc) is 3.35. The molecule has 1 aliphatic carbocycles. The van der Waals surface area contributed by atoms with Crippen molar-refractivity contribution in [2.45, 2.75) is 62.9 Å². The van der Waals surface area contributed by atoms with Crippen LogP contribution in [-0.2, 0) is 22.4 Å². The number of carbonyl (C=O) groups excluding carboxylic acids is 1. The Hall–Kier alpha value is -1.51. The van der Waals surface area contributed by atoms with Crippen molar-refractivity contribution in [3.8, 4) is 5.75 Å². The smallest absolute Gasteiger partial charge is 0.311 e. The van der Waals surface area contributed by atoms with Gasteiger partial charge in [0.15, 0.2) is 6.10 Å². The summed E-state index contributed by atoms with van der Waals surface area (Å²) < 4.78 is 34.1. The molecule has 186 valence electrons. The van der Waals surface area contributed by atoms with Crippen LogP contribution in [0.2, 0.25) is 0 Å². The first-order valence-corrected chi connectivity index (χ1v) is 13.0. The summed E-state index contributed by atoms with van der Waals surface area (Å²) in [7, 11) is 0. The van der Waals surface area contributed by atoms with Crippen molar-refractivity contribution >= 4 is 17.3 Å². The van der Waals surface area contributed by atoms with E-state index < -0.39 is 5.92 Å². The van der Waals surface area contributed by atoms with Crippen molar-refractivity contribution in [1.82, 2.24) is 0 Å². The highest BCUT2D eigenvalue weighted by molar-refractivity contribution is 7.10. The van der Waals surface area contributed by atoms with Crippen LogP contribution in [0.15, 0.2) is 35.7 Å². The maximum absolute atomic E-state index is 13.6. The van der Waals surface area contributed by atoms with Crippen LogP contribution in [0.5, 0.6) is 5.75 Å². The molecule has 2 aromatic rings. The number of hydrogen-bond acceptors (Lipinski definition) is 4. The molecule has 0 amide bonds. The number of thiophene rings is 1. The summed E-state index contributed by atoms with van der Waals surface area (Å²) in [5, 5.41) is 12.3. The molecule has 0 radical (unpaired) electrons. The quantitative estimate of drug-likeness (QED) is 0.421. The van der Waals surface area contributed by atoms with Gasteiger partial charge in [0.1, 0.15) is 12.3 Å². The van der Waals surface area contributed by atoms with E-state index in [4.69, 9.17) is 4.74 Å². The lowest BCUT2D eigenvalue weighted by Crippen LogP contribution is -3.00. The van der Waals surface area contributed by atoms with Gasteiger partial charge in [-0.1, -0.05) is 30.3 Å². The fraction of sp³-hybridized carbons (Fsp3) is 0.577. The molecule has 2 atom stereocenters. The summed E-state index contributed by atoms with van der Waals surface area (Å²) in [4.78, 5) is 13.3. The van der Waals surface area contributed by atoms with Gasteiger partial charge in [0, 0.05) is 43.6 Å². The van der Waals surface area contributed by atoms with Crippen LogP contribution >= 0.6 is 11.3 Å². The van der Waals surface area contributed by atoms with Crippen LogP contribution in [0.25, 0.3) is 0 Å². The molecule has 0 spiro atoms. The van der Waals surface area contributed by atoms with E-state index in [0.29, 0.717) is 22.8 Å². The molecule has 8 heteroatoms. The summed E-state index contributed by atoms with van der Waals surface area (Å²) in [6.45, 7) is 4.22. The molecule has 4 aliphatic rings. The molecular weight excluding hydrogens is 524 g/mol. The Morgan fingerprint density at radius 1 is 1.18 bits per heavy atom. The zero-order valence-electron chi connectivity index (χ0n) is 19.2. The Kier molecular flexibility index (Phi) is 7.70. The van der Waals surface area contributed by atoms with Crippen LogP contribution in [0, 0.1) is 5.92 Å². The number of alkyl halides is 2. The monoisotopic (exact) mass is 555 g/mol. The minimum Gasteiger partial charge on any atom is -1.00 e. The first kappa shape index (κ1) is 25.6. The summed E-state index contributed by atoms with van der Waals surface area (Å²) >= 11 is 1.27. The van der Waals surface area contributed by atoms with Crippen LogP contribution in [0.1, 0.15) is 54.0 Å². The molecule has 4 nitrogen and oxygen atoms in total. The topological polar surface area (TPSA) is 46.5 Å². The molecule has 3 saturated heterocycles.